The minimum absolute atomic E-state index is 0.0961. The lowest BCUT2D eigenvalue weighted by Gasteiger charge is -2.15. The van der Waals surface area contributed by atoms with Gasteiger partial charge in [0.15, 0.2) is 0 Å². The van der Waals surface area contributed by atoms with Crippen molar-refractivity contribution in [3.63, 3.8) is 0 Å². The molecule has 0 unspecified atom stereocenters. The predicted molar refractivity (Wildman–Crippen MR) is 97.4 cm³/mol. The monoisotopic (exact) mass is 336 g/mol. The Morgan fingerprint density at radius 1 is 1.25 bits per heavy atom. The number of nitrogens with zero attached hydrogens (tertiary/aromatic N) is 3. The van der Waals surface area contributed by atoms with E-state index in [-0.39, 0.29) is 11.1 Å². The van der Waals surface area contributed by atoms with E-state index in [9.17, 15) is 4.79 Å². The van der Waals surface area contributed by atoms with Crippen molar-refractivity contribution in [2.75, 3.05) is 19.0 Å². The number of H-pyrrole nitrogens is 1. The van der Waals surface area contributed by atoms with Crippen LogP contribution in [0.2, 0.25) is 0 Å². The molecule has 3 rings (SSSR count). The van der Waals surface area contributed by atoms with Gasteiger partial charge in [0, 0.05) is 42.0 Å². The summed E-state index contributed by atoms with van der Waals surface area (Å²) >= 11 is 1.54. The second-order valence-electron chi connectivity index (χ2n) is 5.61. The third-order valence-corrected chi connectivity index (χ3v) is 4.63. The van der Waals surface area contributed by atoms with Crippen molar-refractivity contribution in [2.24, 2.45) is 0 Å². The Balaban J connectivity index is 2.11. The summed E-state index contributed by atoms with van der Waals surface area (Å²) in [5.74, 6) is 0. The van der Waals surface area contributed by atoms with Gasteiger partial charge in [0.1, 0.15) is 16.6 Å². The van der Waals surface area contributed by atoms with Gasteiger partial charge in [0.25, 0.3) is 5.56 Å². The largest absolute Gasteiger partial charge is 0.377 e. The minimum Gasteiger partial charge on any atom is -0.377 e. The number of thiazole rings is 1. The molecule has 0 amide bonds. The molecule has 0 atom stereocenters. The van der Waals surface area contributed by atoms with Crippen LogP contribution in [0, 0.1) is 18.3 Å². The van der Waals surface area contributed by atoms with Gasteiger partial charge in [-0.1, -0.05) is 12.1 Å². The highest BCUT2D eigenvalue weighted by Crippen LogP contribution is 2.34. The van der Waals surface area contributed by atoms with Gasteiger partial charge in [-0.3, -0.25) is 4.79 Å². The Morgan fingerprint density at radius 2 is 2.00 bits per heavy atom. The van der Waals surface area contributed by atoms with Crippen LogP contribution in [0.25, 0.3) is 21.8 Å². The van der Waals surface area contributed by atoms with Gasteiger partial charge in [0.05, 0.1) is 5.69 Å². The highest BCUT2D eigenvalue weighted by Gasteiger charge is 2.14. The third-order valence-electron chi connectivity index (χ3n) is 3.76. The number of hydrogen-bond acceptors (Lipinski definition) is 5. The van der Waals surface area contributed by atoms with Crippen molar-refractivity contribution in [3.05, 3.63) is 57.3 Å². The van der Waals surface area contributed by atoms with Crippen LogP contribution in [-0.2, 0) is 0 Å². The summed E-state index contributed by atoms with van der Waals surface area (Å²) in [5.41, 5.74) is 4.11. The smallest absolute Gasteiger partial charge is 0.266 e. The second-order valence-corrected chi connectivity index (χ2v) is 6.47. The van der Waals surface area contributed by atoms with Gasteiger partial charge >= 0.3 is 0 Å². The van der Waals surface area contributed by atoms with Gasteiger partial charge in [-0.25, -0.2) is 4.98 Å². The Labute approximate surface area is 143 Å². The molecule has 0 spiro atoms. The normalized spacial score (nSPS) is 10.4. The number of aromatic amines is 1. The fourth-order valence-corrected chi connectivity index (χ4v) is 3.39. The zero-order valence-corrected chi connectivity index (χ0v) is 14.4. The van der Waals surface area contributed by atoms with Crippen LogP contribution in [0.1, 0.15) is 11.3 Å². The summed E-state index contributed by atoms with van der Waals surface area (Å²) in [6, 6.07) is 11.6. The lowest BCUT2D eigenvalue weighted by molar-refractivity contribution is 1.12. The number of para-hydroxylation sites is 1. The molecule has 1 aromatic carbocycles. The Kier molecular flexibility index (Phi) is 4.19. The van der Waals surface area contributed by atoms with Gasteiger partial charge in [-0.15, -0.1) is 11.3 Å². The van der Waals surface area contributed by atoms with Crippen LogP contribution in [0.5, 0.6) is 0 Å². The van der Waals surface area contributed by atoms with Crippen molar-refractivity contribution in [1.82, 2.24) is 9.97 Å². The number of pyridine rings is 1. The number of rotatable bonds is 3. The molecule has 0 aliphatic rings. The molecule has 24 heavy (non-hydrogen) atoms. The molecule has 120 valence electrons. The zero-order chi connectivity index (χ0) is 17.3. The molecule has 0 aliphatic heterocycles. The van der Waals surface area contributed by atoms with Crippen molar-refractivity contribution in [1.29, 1.82) is 5.26 Å². The van der Waals surface area contributed by atoms with E-state index in [0.29, 0.717) is 5.69 Å². The predicted octanol–water partition coefficient (Wildman–Crippen LogP) is 3.41. The van der Waals surface area contributed by atoms with Gasteiger partial charge in [-0.05, 0) is 25.1 Å². The number of anilines is 1. The van der Waals surface area contributed by atoms with E-state index in [4.69, 9.17) is 10.2 Å². The summed E-state index contributed by atoms with van der Waals surface area (Å²) in [7, 11) is 4.00. The maximum absolute atomic E-state index is 11.7. The molecule has 0 fully saturated rings. The van der Waals surface area contributed by atoms with Crippen LogP contribution in [0.15, 0.2) is 40.5 Å². The first-order valence-electron chi connectivity index (χ1n) is 7.38. The minimum atomic E-state index is -0.368. The van der Waals surface area contributed by atoms with Crippen LogP contribution in [0.3, 0.4) is 0 Å². The summed E-state index contributed by atoms with van der Waals surface area (Å²) in [6.45, 7) is 1.81. The maximum atomic E-state index is 11.7. The molecule has 0 radical (unpaired) electrons. The van der Waals surface area contributed by atoms with Gasteiger partial charge < -0.3 is 9.88 Å². The van der Waals surface area contributed by atoms with Crippen molar-refractivity contribution >= 4 is 17.0 Å². The molecule has 0 saturated carbocycles. The Bertz CT molecular complexity index is 995. The molecule has 2 heterocycles. The molecule has 6 heteroatoms. The van der Waals surface area contributed by atoms with E-state index in [1.165, 1.54) is 0 Å². The number of hydrogen-bond donors (Lipinski definition) is 1. The zero-order valence-electron chi connectivity index (χ0n) is 13.6. The fourth-order valence-electron chi connectivity index (χ4n) is 2.54. The highest BCUT2D eigenvalue weighted by molar-refractivity contribution is 7.13. The SMILES string of the molecule is Cc1[nH]c(=O)c(C#N)cc1-c1csc(-c2ccccc2N(C)C)n1. The molecule has 1 N–H and O–H groups in total. The Hall–Kier alpha value is -2.91. The molecule has 0 bridgehead atoms. The number of nitriles is 1. The van der Waals surface area contributed by atoms with Crippen molar-refractivity contribution < 1.29 is 0 Å². The fraction of sp³-hybridized carbons (Fsp3) is 0.167. The first-order valence-corrected chi connectivity index (χ1v) is 8.26. The quantitative estimate of drug-likeness (QED) is 0.795. The third kappa shape index (κ3) is 2.82. The maximum Gasteiger partial charge on any atom is 0.266 e. The number of aromatic nitrogens is 2. The molecule has 2 aromatic heterocycles. The van der Waals surface area contributed by atoms with Crippen LogP contribution < -0.4 is 10.5 Å². The number of nitrogens with one attached hydrogen (secondary N) is 1. The van der Waals surface area contributed by atoms with Crippen molar-refractivity contribution in [3.8, 4) is 27.9 Å². The van der Waals surface area contributed by atoms with Gasteiger partial charge in [0.2, 0.25) is 0 Å². The molecule has 3 aromatic rings. The molecule has 5 nitrogen and oxygen atoms in total. The van der Waals surface area contributed by atoms with E-state index < -0.39 is 0 Å². The molecular formula is C18H16N4OS. The topological polar surface area (TPSA) is 72.8 Å². The molecular weight excluding hydrogens is 320 g/mol. The standard InChI is InChI=1S/C18H16N4OS/c1-11-14(8-12(9-19)17(23)20-11)15-10-24-18(21-15)13-6-4-5-7-16(13)22(2)3/h4-8,10H,1-3H3,(H,20,23). The van der Waals surface area contributed by atoms with E-state index in [2.05, 4.69) is 16.0 Å². The van der Waals surface area contributed by atoms with E-state index in [1.807, 2.05) is 50.7 Å². The summed E-state index contributed by atoms with van der Waals surface area (Å²) in [5, 5.41) is 11.9. The van der Waals surface area contributed by atoms with Crippen LogP contribution >= 0.6 is 11.3 Å². The first kappa shape index (κ1) is 16.0. The van der Waals surface area contributed by atoms with Crippen LogP contribution in [0.4, 0.5) is 5.69 Å². The van der Waals surface area contributed by atoms with E-state index in [1.54, 1.807) is 17.4 Å². The highest BCUT2D eigenvalue weighted by atomic mass is 32.1. The Morgan fingerprint density at radius 3 is 2.71 bits per heavy atom. The second kappa shape index (κ2) is 6.30. The number of benzene rings is 1. The lowest BCUT2D eigenvalue weighted by atomic mass is 10.1. The van der Waals surface area contributed by atoms with Crippen molar-refractivity contribution in [2.45, 2.75) is 6.92 Å². The summed E-state index contributed by atoms with van der Waals surface area (Å²) in [6.07, 6.45) is 0. The van der Waals surface area contributed by atoms with E-state index in [0.717, 1.165) is 27.5 Å². The first-order chi connectivity index (χ1) is 11.5. The number of aryl methyl sites for hydroxylation is 1. The average molecular weight is 336 g/mol. The molecule has 0 saturated heterocycles. The van der Waals surface area contributed by atoms with E-state index >= 15 is 0 Å². The van der Waals surface area contributed by atoms with Crippen LogP contribution in [-0.4, -0.2) is 24.1 Å². The average Bonchev–Trinajstić information content (AvgIpc) is 3.04. The molecule has 0 aliphatic carbocycles. The summed E-state index contributed by atoms with van der Waals surface area (Å²) < 4.78 is 0. The summed E-state index contributed by atoms with van der Waals surface area (Å²) in [4.78, 5) is 21.2. The lowest BCUT2D eigenvalue weighted by Crippen LogP contribution is -2.12. The van der Waals surface area contributed by atoms with Gasteiger partial charge in [-0.2, -0.15) is 5.26 Å².